The minimum absolute atomic E-state index is 0. The van der Waals surface area contributed by atoms with Gasteiger partial charge in [0.1, 0.15) is 28.6 Å². The molecule has 0 bridgehead atoms. The summed E-state index contributed by atoms with van der Waals surface area (Å²) in [5, 5.41) is 12.4. The van der Waals surface area contributed by atoms with Crippen LogP contribution in [0.2, 0.25) is 0 Å². The van der Waals surface area contributed by atoms with Gasteiger partial charge in [0.2, 0.25) is 0 Å². The van der Waals surface area contributed by atoms with Crippen molar-refractivity contribution in [3.63, 3.8) is 0 Å². The summed E-state index contributed by atoms with van der Waals surface area (Å²) >= 11 is 0. The van der Waals surface area contributed by atoms with Crippen LogP contribution in [0.3, 0.4) is 0 Å². The van der Waals surface area contributed by atoms with Crippen molar-refractivity contribution in [3.05, 3.63) is 71.3 Å². The fraction of sp³-hybridized carbons (Fsp3) is 0.333. The van der Waals surface area contributed by atoms with E-state index in [4.69, 9.17) is 4.74 Å². The van der Waals surface area contributed by atoms with E-state index in [0.29, 0.717) is 16.7 Å². The molecule has 1 atom stereocenters. The van der Waals surface area contributed by atoms with Crippen molar-refractivity contribution in [3.8, 4) is 5.75 Å². The molecular weight excluding hydrogens is 423 g/mol. The first-order valence-electron chi connectivity index (χ1n) is 10.0. The number of aliphatic hydroxyl groups excluding tert-OH is 1. The molecule has 1 unspecified atom stereocenters. The Morgan fingerprint density at radius 2 is 1.32 bits per heavy atom. The van der Waals surface area contributed by atoms with Gasteiger partial charge in [-0.15, -0.1) is 0 Å². The fourth-order valence-corrected chi connectivity index (χ4v) is 5.19. The number of benzene rings is 3. The topological polar surface area (TPSA) is 86.7 Å². The van der Waals surface area contributed by atoms with Gasteiger partial charge in [0, 0.05) is 5.56 Å². The Morgan fingerprint density at radius 1 is 0.839 bits per heavy atom. The predicted octanol–water partition coefficient (Wildman–Crippen LogP) is 2.11. The van der Waals surface area contributed by atoms with Crippen LogP contribution in [0.15, 0.2) is 59.5 Å². The van der Waals surface area contributed by atoms with Crippen LogP contribution < -0.4 is 34.3 Å². The molecule has 7 heteroatoms. The largest absolute Gasteiger partial charge is 1.00 e. The molecule has 31 heavy (non-hydrogen) atoms. The van der Waals surface area contributed by atoms with Gasteiger partial charge in [-0.1, -0.05) is 70.2 Å². The Kier molecular flexibility index (Phi) is 8.73. The Bertz CT molecular complexity index is 1140. The van der Waals surface area contributed by atoms with Gasteiger partial charge in [0.15, 0.2) is 0 Å². The molecule has 0 aliphatic heterocycles. The van der Waals surface area contributed by atoms with Crippen LogP contribution >= 0.6 is 0 Å². The number of rotatable bonds is 7. The number of ether oxygens (including phenoxy) is 1. The van der Waals surface area contributed by atoms with E-state index < -0.39 is 16.2 Å². The normalized spacial score (nSPS) is 12.8. The summed E-state index contributed by atoms with van der Waals surface area (Å²) in [5.41, 5.74) is 1.42. The molecule has 0 aliphatic carbocycles. The third-order valence-electron chi connectivity index (χ3n) is 5.18. The minimum atomic E-state index is -4.85. The Hall–Kier alpha value is -1.41. The van der Waals surface area contributed by atoms with E-state index >= 15 is 0 Å². The third kappa shape index (κ3) is 5.51. The number of para-hydroxylation sites is 1. The smallest absolute Gasteiger partial charge is 0.744 e. The summed E-state index contributed by atoms with van der Waals surface area (Å²) < 4.78 is 43.1. The van der Waals surface area contributed by atoms with Gasteiger partial charge in [-0.05, 0) is 45.9 Å². The number of hydrogen-bond donors (Lipinski definition) is 1. The quantitative estimate of drug-likeness (QED) is 0.440. The van der Waals surface area contributed by atoms with E-state index in [0.717, 1.165) is 10.9 Å². The molecule has 0 saturated carbocycles. The summed E-state index contributed by atoms with van der Waals surface area (Å²) in [6, 6.07) is 16.3. The molecular formula is C24H27NaO5S. The van der Waals surface area contributed by atoms with Gasteiger partial charge in [-0.2, -0.15) is 0 Å². The zero-order valence-electron chi connectivity index (χ0n) is 18.6. The van der Waals surface area contributed by atoms with Gasteiger partial charge in [0.05, 0.1) is 4.90 Å². The molecule has 3 rings (SSSR count). The first-order chi connectivity index (χ1) is 14.1. The maximum Gasteiger partial charge on any atom is 1.00 e. The van der Waals surface area contributed by atoms with Crippen molar-refractivity contribution in [2.24, 2.45) is 0 Å². The van der Waals surface area contributed by atoms with Gasteiger partial charge in [-0.3, -0.25) is 0 Å². The number of fused-ring (bicyclic) bond motifs is 1. The van der Waals surface area contributed by atoms with Crippen molar-refractivity contribution >= 4 is 20.9 Å². The molecule has 0 radical (unpaired) electrons. The SMILES string of the molecule is CC(C)c1c(S(=O)(=O)[O-])c(C(O)COc2ccccc2)c2ccccc2c1C(C)C.[Na+]. The van der Waals surface area contributed by atoms with Crippen LogP contribution in [0.1, 0.15) is 62.3 Å². The molecule has 5 nitrogen and oxygen atoms in total. The summed E-state index contributed by atoms with van der Waals surface area (Å²) in [7, 11) is -4.85. The zero-order chi connectivity index (χ0) is 22.1. The molecule has 0 aliphatic rings. The Balaban J connectivity index is 0.00000341. The van der Waals surface area contributed by atoms with Crippen LogP contribution in [0.25, 0.3) is 10.8 Å². The zero-order valence-corrected chi connectivity index (χ0v) is 21.4. The third-order valence-corrected chi connectivity index (χ3v) is 6.12. The van der Waals surface area contributed by atoms with E-state index in [1.54, 1.807) is 36.4 Å². The van der Waals surface area contributed by atoms with Gasteiger partial charge >= 0.3 is 29.6 Å². The molecule has 0 spiro atoms. The first kappa shape index (κ1) is 25.8. The molecule has 0 saturated heterocycles. The maximum atomic E-state index is 12.5. The molecule has 1 N–H and O–H groups in total. The molecule has 3 aromatic carbocycles. The summed E-state index contributed by atoms with van der Waals surface area (Å²) in [6.07, 6.45) is -1.28. The van der Waals surface area contributed by atoms with Gasteiger partial charge < -0.3 is 14.4 Å². The van der Waals surface area contributed by atoms with Crippen molar-refractivity contribution in [1.29, 1.82) is 0 Å². The molecule has 3 aromatic rings. The van der Waals surface area contributed by atoms with Crippen LogP contribution in [-0.4, -0.2) is 24.7 Å². The second-order valence-corrected chi connectivity index (χ2v) is 9.34. The minimum Gasteiger partial charge on any atom is -0.744 e. The van der Waals surface area contributed by atoms with Crippen molar-refractivity contribution in [2.75, 3.05) is 6.61 Å². The van der Waals surface area contributed by atoms with Crippen LogP contribution in [0, 0.1) is 0 Å². The molecule has 0 fully saturated rings. The van der Waals surface area contributed by atoms with Crippen LogP contribution in [0.5, 0.6) is 5.75 Å². The molecule has 0 amide bonds. The Morgan fingerprint density at radius 3 is 1.81 bits per heavy atom. The second-order valence-electron chi connectivity index (χ2n) is 8.02. The average Bonchev–Trinajstić information content (AvgIpc) is 2.69. The monoisotopic (exact) mass is 450 g/mol. The summed E-state index contributed by atoms with van der Waals surface area (Å²) in [6.45, 7) is 7.50. The van der Waals surface area contributed by atoms with Crippen LogP contribution in [0.4, 0.5) is 0 Å². The van der Waals surface area contributed by atoms with Crippen molar-refractivity contribution in [2.45, 2.75) is 50.5 Å². The summed E-state index contributed by atoms with van der Waals surface area (Å²) in [4.78, 5) is -0.316. The second kappa shape index (κ2) is 10.5. The fourth-order valence-electron chi connectivity index (χ4n) is 4.06. The standard InChI is InChI=1S/C24H28O5S.Na/c1-15(2)21-18-12-8-9-13-19(18)23(24(30(26,27)28)22(21)16(3)4)20(25)14-29-17-10-6-5-7-11-17;/h5-13,15-16,20,25H,14H2,1-4H3,(H,26,27,28);/q;+1/p-1. The molecule has 0 aromatic heterocycles. The van der Waals surface area contributed by atoms with Crippen molar-refractivity contribution in [1.82, 2.24) is 0 Å². The number of aliphatic hydroxyl groups is 1. The summed E-state index contributed by atoms with van der Waals surface area (Å²) in [5.74, 6) is 0.335. The van der Waals surface area contributed by atoms with E-state index in [9.17, 15) is 18.1 Å². The van der Waals surface area contributed by atoms with Gasteiger partial charge in [0.25, 0.3) is 0 Å². The maximum absolute atomic E-state index is 12.5. The number of hydrogen-bond acceptors (Lipinski definition) is 5. The van der Waals surface area contributed by atoms with E-state index in [2.05, 4.69) is 0 Å². The van der Waals surface area contributed by atoms with E-state index in [1.165, 1.54) is 0 Å². The Labute approximate surface area is 206 Å². The van der Waals surface area contributed by atoms with Gasteiger partial charge in [-0.25, -0.2) is 8.42 Å². The molecule has 0 heterocycles. The average molecular weight is 451 g/mol. The predicted molar refractivity (Wildman–Crippen MR) is 117 cm³/mol. The molecule has 160 valence electrons. The van der Waals surface area contributed by atoms with E-state index in [-0.39, 0.29) is 58.5 Å². The van der Waals surface area contributed by atoms with Crippen molar-refractivity contribution < 1.29 is 52.4 Å². The van der Waals surface area contributed by atoms with E-state index in [1.807, 2.05) is 45.9 Å². The van der Waals surface area contributed by atoms with Crippen LogP contribution in [-0.2, 0) is 10.1 Å². The first-order valence-corrected chi connectivity index (χ1v) is 11.4.